The van der Waals surface area contributed by atoms with Crippen LogP contribution in [0.1, 0.15) is 23.1 Å². The molecule has 1 aromatic heterocycles. The third-order valence-corrected chi connectivity index (χ3v) is 2.72. The first-order chi connectivity index (χ1) is 9.22. The van der Waals surface area contributed by atoms with E-state index >= 15 is 0 Å². The number of amides is 1. The SMILES string of the molecule is CCNc1ccccc1C(=O)N(C)Cc1ncn[nH]1. The Bertz CT molecular complexity index is 538. The topological polar surface area (TPSA) is 73.9 Å². The van der Waals surface area contributed by atoms with Crippen LogP contribution in [0.15, 0.2) is 30.6 Å². The number of hydrogen-bond acceptors (Lipinski definition) is 4. The lowest BCUT2D eigenvalue weighted by Gasteiger charge is -2.18. The van der Waals surface area contributed by atoms with Crippen LogP contribution in [0.2, 0.25) is 0 Å². The molecule has 6 nitrogen and oxygen atoms in total. The molecule has 2 N–H and O–H groups in total. The maximum Gasteiger partial charge on any atom is 0.256 e. The third-order valence-electron chi connectivity index (χ3n) is 2.72. The van der Waals surface area contributed by atoms with E-state index in [-0.39, 0.29) is 5.91 Å². The lowest BCUT2D eigenvalue weighted by molar-refractivity contribution is 0.0782. The normalized spacial score (nSPS) is 10.2. The number of H-pyrrole nitrogens is 1. The first-order valence-electron chi connectivity index (χ1n) is 6.15. The Morgan fingerprint density at radius 3 is 2.89 bits per heavy atom. The van der Waals surface area contributed by atoms with Gasteiger partial charge in [-0.05, 0) is 19.1 Å². The second-order valence-electron chi connectivity index (χ2n) is 4.17. The van der Waals surface area contributed by atoms with E-state index in [4.69, 9.17) is 0 Å². The van der Waals surface area contributed by atoms with Crippen molar-refractivity contribution < 1.29 is 4.79 Å². The van der Waals surface area contributed by atoms with Crippen LogP contribution in [-0.4, -0.2) is 39.6 Å². The quantitative estimate of drug-likeness (QED) is 0.853. The predicted octanol–water partition coefficient (Wildman–Crippen LogP) is 1.51. The van der Waals surface area contributed by atoms with Crippen LogP contribution >= 0.6 is 0 Å². The van der Waals surface area contributed by atoms with Crippen molar-refractivity contribution in [2.45, 2.75) is 13.5 Å². The highest BCUT2D eigenvalue weighted by atomic mass is 16.2. The third kappa shape index (κ3) is 3.09. The van der Waals surface area contributed by atoms with Crippen molar-refractivity contribution in [2.24, 2.45) is 0 Å². The fraction of sp³-hybridized carbons (Fsp3) is 0.308. The van der Waals surface area contributed by atoms with Crippen molar-refractivity contribution in [2.75, 3.05) is 18.9 Å². The van der Waals surface area contributed by atoms with Gasteiger partial charge in [0.2, 0.25) is 0 Å². The molecule has 1 amide bonds. The molecular formula is C13H17N5O. The molecule has 0 radical (unpaired) electrons. The molecule has 0 bridgehead atoms. The molecule has 0 saturated carbocycles. The van der Waals surface area contributed by atoms with Gasteiger partial charge >= 0.3 is 0 Å². The van der Waals surface area contributed by atoms with Gasteiger partial charge in [0.1, 0.15) is 12.2 Å². The van der Waals surface area contributed by atoms with E-state index in [0.717, 1.165) is 12.2 Å². The van der Waals surface area contributed by atoms with Gasteiger partial charge in [0.05, 0.1) is 12.1 Å². The molecule has 0 aliphatic rings. The molecule has 0 aliphatic heterocycles. The molecular weight excluding hydrogens is 242 g/mol. The summed E-state index contributed by atoms with van der Waals surface area (Å²) in [5.74, 6) is 0.615. The standard InChI is InChI=1S/C13H17N5O/c1-3-14-11-7-5-4-6-10(11)13(19)18(2)8-12-15-9-16-17-12/h4-7,9,14H,3,8H2,1-2H3,(H,15,16,17). The zero-order chi connectivity index (χ0) is 13.7. The minimum atomic E-state index is -0.0482. The number of anilines is 1. The lowest BCUT2D eigenvalue weighted by atomic mass is 10.1. The molecule has 1 aromatic carbocycles. The van der Waals surface area contributed by atoms with Gasteiger partial charge < -0.3 is 10.2 Å². The van der Waals surface area contributed by atoms with Crippen molar-refractivity contribution in [3.8, 4) is 0 Å². The van der Waals surface area contributed by atoms with Crippen LogP contribution in [0.5, 0.6) is 0 Å². The number of aromatic nitrogens is 3. The minimum Gasteiger partial charge on any atom is -0.385 e. The number of hydrogen-bond donors (Lipinski definition) is 2. The Labute approximate surface area is 111 Å². The molecule has 0 spiro atoms. The minimum absolute atomic E-state index is 0.0482. The number of benzene rings is 1. The molecule has 0 unspecified atom stereocenters. The summed E-state index contributed by atoms with van der Waals surface area (Å²) in [6.07, 6.45) is 1.43. The Morgan fingerprint density at radius 2 is 2.21 bits per heavy atom. The summed E-state index contributed by atoms with van der Waals surface area (Å²) in [5.41, 5.74) is 1.51. The van der Waals surface area contributed by atoms with E-state index in [1.807, 2.05) is 31.2 Å². The average Bonchev–Trinajstić information content (AvgIpc) is 2.92. The molecule has 19 heavy (non-hydrogen) atoms. The predicted molar refractivity (Wildman–Crippen MR) is 72.8 cm³/mol. The van der Waals surface area contributed by atoms with E-state index in [2.05, 4.69) is 20.5 Å². The van der Waals surface area contributed by atoms with Gasteiger partial charge in [-0.25, -0.2) is 4.98 Å². The molecule has 2 rings (SSSR count). The molecule has 100 valence electrons. The number of carbonyl (C=O) groups excluding carboxylic acids is 1. The largest absolute Gasteiger partial charge is 0.385 e. The molecule has 6 heteroatoms. The number of nitrogens with zero attached hydrogens (tertiary/aromatic N) is 3. The van der Waals surface area contributed by atoms with E-state index in [1.54, 1.807) is 11.9 Å². The van der Waals surface area contributed by atoms with Crippen LogP contribution in [0.4, 0.5) is 5.69 Å². The van der Waals surface area contributed by atoms with Crippen molar-refractivity contribution >= 4 is 11.6 Å². The maximum absolute atomic E-state index is 12.4. The van der Waals surface area contributed by atoms with Crippen LogP contribution in [0.25, 0.3) is 0 Å². The summed E-state index contributed by atoms with van der Waals surface area (Å²) in [6.45, 7) is 3.18. The zero-order valence-electron chi connectivity index (χ0n) is 11.1. The summed E-state index contributed by atoms with van der Waals surface area (Å²) in [4.78, 5) is 18.0. The van der Waals surface area contributed by atoms with Crippen LogP contribution in [0, 0.1) is 0 Å². The highest BCUT2D eigenvalue weighted by molar-refractivity contribution is 5.99. The summed E-state index contributed by atoms with van der Waals surface area (Å²) < 4.78 is 0. The number of para-hydroxylation sites is 1. The van der Waals surface area contributed by atoms with Gasteiger partial charge in [0.15, 0.2) is 0 Å². The number of aromatic amines is 1. The monoisotopic (exact) mass is 259 g/mol. The van der Waals surface area contributed by atoms with Crippen LogP contribution in [-0.2, 0) is 6.54 Å². The Balaban J connectivity index is 2.14. The molecule has 1 heterocycles. The summed E-state index contributed by atoms with van der Waals surface area (Å²) >= 11 is 0. The van der Waals surface area contributed by atoms with E-state index in [1.165, 1.54) is 6.33 Å². The van der Waals surface area contributed by atoms with Gasteiger partial charge in [0, 0.05) is 19.3 Å². The number of nitrogens with one attached hydrogen (secondary N) is 2. The second kappa shape index (κ2) is 5.99. The summed E-state index contributed by atoms with van der Waals surface area (Å²) in [7, 11) is 1.74. The van der Waals surface area contributed by atoms with Gasteiger partial charge in [-0.1, -0.05) is 12.1 Å². The first-order valence-corrected chi connectivity index (χ1v) is 6.15. The van der Waals surface area contributed by atoms with Crippen molar-refractivity contribution in [3.63, 3.8) is 0 Å². The zero-order valence-corrected chi connectivity index (χ0v) is 11.1. The first kappa shape index (κ1) is 13.1. The Kier molecular flexibility index (Phi) is 4.12. The Morgan fingerprint density at radius 1 is 1.42 bits per heavy atom. The van der Waals surface area contributed by atoms with Crippen molar-refractivity contribution in [3.05, 3.63) is 42.0 Å². The smallest absolute Gasteiger partial charge is 0.256 e. The molecule has 0 aliphatic carbocycles. The highest BCUT2D eigenvalue weighted by Crippen LogP contribution is 2.17. The number of carbonyl (C=O) groups is 1. The van der Waals surface area contributed by atoms with Gasteiger partial charge in [0.25, 0.3) is 5.91 Å². The van der Waals surface area contributed by atoms with Crippen molar-refractivity contribution in [1.29, 1.82) is 0 Å². The fourth-order valence-corrected chi connectivity index (χ4v) is 1.82. The van der Waals surface area contributed by atoms with E-state index < -0.39 is 0 Å². The van der Waals surface area contributed by atoms with E-state index in [0.29, 0.717) is 17.9 Å². The Hall–Kier alpha value is -2.37. The summed E-state index contributed by atoms with van der Waals surface area (Å²) in [6, 6.07) is 7.48. The highest BCUT2D eigenvalue weighted by Gasteiger charge is 2.16. The van der Waals surface area contributed by atoms with Gasteiger partial charge in [-0.2, -0.15) is 5.10 Å². The number of rotatable bonds is 5. The fourth-order valence-electron chi connectivity index (χ4n) is 1.82. The van der Waals surface area contributed by atoms with Crippen LogP contribution in [0.3, 0.4) is 0 Å². The second-order valence-corrected chi connectivity index (χ2v) is 4.17. The van der Waals surface area contributed by atoms with Crippen molar-refractivity contribution in [1.82, 2.24) is 20.1 Å². The van der Waals surface area contributed by atoms with Gasteiger partial charge in [-0.3, -0.25) is 9.89 Å². The maximum atomic E-state index is 12.4. The molecule has 0 fully saturated rings. The van der Waals surface area contributed by atoms with Crippen LogP contribution < -0.4 is 5.32 Å². The lowest BCUT2D eigenvalue weighted by Crippen LogP contribution is -2.27. The van der Waals surface area contributed by atoms with E-state index in [9.17, 15) is 4.79 Å². The average molecular weight is 259 g/mol. The molecule has 0 atom stereocenters. The molecule has 0 saturated heterocycles. The summed E-state index contributed by atoms with van der Waals surface area (Å²) in [5, 5.41) is 9.70. The van der Waals surface area contributed by atoms with Gasteiger partial charge in [-0.15, -0.1) is 0 Å². The molecule has 2 aromatic rings.